The number of imidazole rings is 1. The Balaban J connectivity index is 2.61. The van der Waals surface area contributed by atoms with Gasteiger partial charge in [0.05, 0.1) is 11.9 Å². The zero-order valence-corrected chi connectivity index (χ0v) is 9.46. The Morgan fingerprint density at radius 3 is 2.63 bits per heavy atom. The predicted octanol–water partition coefficient (Wildman–Crippen LogP) is 1.99. The van der Waals surface area contributed by atoms with E-state index in [9.17, 15) is 13.2 Å². The van der Waals surface area contributed by atoms with Crippen LogP contribution in [0.2, 0.25) is 0 Å². The van der Waals surface area contributed by atoms with Gasteiger partial charge in [-0.2, -0.15) is 13.2 Å². The molecule has 8 heteroatoms. The van der Waals surface area contributed by atoms with Crippen molar-refractivity contribution in [1.29, 1.82) is 0 Å². The van der Waals surface area contributed by atoms with E-state index in [0.717, 1.165) is 6.07 Å². The van der Waals surface area contributed by atoms with Crippen molar-refractivity contribution in [3.63, 3.8) is 0 Å². The minimum absolute atomic E-state index is 0.388. The van der Waals surface area contributed by atoms with Gasteiger partial charge in [-0.05, 0) is 18.2 Å². The quantitative estimate of drug-likeness (QED) is 0.379. The summed E-state index contributed by atoms with van der Waals surface area (Å²) in [5.41, 5.74) is 4.36. The molecule has 1 heterocycles. The second-order valence-corrected chi connectivity index (χ2v) is 3.68. The van der Waals surface area contributed by atoms with Gasteiger partial charge in [-0.25, -0.2) is 4.98 Å². The van der Waals surface area contributed by atoms with Crippen LogP contribution < -0.4 is 5.73 Å². The molecule has 0 aliphatic carbocycles. The molecule has 0 spiro atoms. The molecule has 1 aromatic heterocycles. The van der Waals surface area contributed by atoms with Crippen LogP contribution in [-0.4, -0.2) is 20.6 Å². The molecule has 0 saturated carbocycles. The summed E-state index contributed by atoms with van der Waals surface area (Å²) < 4.78 is 39.9. The highest BCUT2D eigenvalue weighted by Crippen LogP contribution is 2.33. The molecular weight excluding hydrogens is 261 g/mol. The van der Waals surface area contributed by atoms with Crippen LogP contribution in [0.1, 0.15) is 11.1 Å². The molecule has 19 heavy (non-hydrogen) atoms. The molecule has 100 valence electrons. The normalized spacial score (nSPS) is 12.7. The van der Waals surface area contributed by atoms with Gasteiger partial charge in [-0.15, -0.1) is 0 Å². The molecule has 0 bridgehead atoms. The Bertz CT molecular complexity index is 605. The second kappa shape index (κ2) is 4.63. The van der Waals surface area contributed by atoms with Gasteiger partial charge >= 0.3 is 6.18 Å². The first-order valence-corrected chi connectivity index (χ1v) is 5.11. The third-order valence-electron chi connectivity index (χ3n) is 2.49. The zero-order chi connectivity index (χ0) is 14.0. The Hall–Kier alpha value is -2.51. The van der Waals surface area contributed by atoms with Gasteiger partial charge in [-0.1, -0.05) is 5.16 Å². The Morgan fingerprint density at radius 1 is 1.37 bits per heavy atom. The van der Waals surface area contributed by atoms with Gasteiger partial charge in [0.15, 0.2) is 5.84 Å². The van der Waals surface area contributed by atoms with E-state index in [0.29, 0.717) is 5.69 Å². The maximum Gasteiger partial charge on any atom is 0.417 e. The van der Waals surface area contributed by atoms with Crippen LogP contribution in [0.3, 0.4) is 0 Å². The van der Waals surface area contributed by atoms with Gasteiger partial charge < -0.3 is 15.5 Å². The van der Waals surface area contributed by atoms with E-state index >= 15 is 0 Å². The van der Waals surface area contributed by atoms with Gasteiger partial charge in [0.25, 0.3) is 0 Å². The average Bonchev–Trinajstić information content (AvgIpc) is 2.90. The first-order valence-electron chi connectivity index (χ1n) is 5.11. The van der Waals surface area contributed by atoms with Crippen molar-refractivity contribution in [2.24, 2.45) is 10.9 Å². The Kier molecular flexibility index (Phi) is 3.16. The van der Waals surface area contributed by atoms with Crippen molar-refractivity contribution >= 4 is 5.84 Å². The minimum atomic E-state index is -4.59. The number of nitrogens with zero attached hydrogens (tertiary/aromatic N) is 3. The van der Waals surface area contributed by atoms with Crippen LogP contribution in [0, 0.1) is 0 Å². The molecule has 0 fully saturated rings. The van der Waals surface area contributed by atoms with Crippen molar-refractivity contribution in [2.45, 2.75) is 6.18 Å². The van der Waals surface area contributed by atoms with E-state index in [2.05, 4.69) is 10.1 Å². The second-order valence-electron chi connectivity index (χ2n) is 3.68. The molecule has 0 atom stereocenters. The fourth-order valence-corrected chi connectivity index (χ4v) is 1.62. The van der Waals surface area contributed by atoms with Crippen LogP contribution in [-0.2, 0) is 6.18 Å². The highest BCUT2D eigenvalue weighted by molar-refractivity contribution is 5.99. The lowest BCUT2D eigenvalue weighted by molar-refractivity contribution is -0.137. The summed E-state index contributed by atoms with van der Waals surface area (Å²) in [4.78, 5) is 3.79. The molecule has 1 aromatic carbocycles. The maximum absolute atomic E-state index is 12.8. The summed E-state index contributed by atoms with van der Waals surface area (Å²) in [6, 6.07) is 3.33. The summed E-state index contributed by atoms with van der Waals surface area (Å²) >= 11 is 0. The topological polar surface area (TPSA) is 76.4 Å². The monoisotopic (exact) mass is 270 g/mol. The van der Waals surface area contributed by atoms with Crippen LogP contribution in [0.25, 0.3) is 5.69 Å². The predicted molar refractivity (Wildman–Crippen MR) is 61.1 cm³/mol. The molecule has 2 rings (SSSR count). The first kappa shape index (κ1) is 12.9. The third-order valence-corrected chi connectivity index (χ3v) is 2.49. The zero-order valence-electron chi connectivity index (χ0n) is 9.46. The first-order chi connectivity index (χ1) is 8.93. The molecular formula is C11H9F3N4O. The number of nitrogens with two attached hydrogens (primary N) is 1. The van der Waals surface area contributed by atoms with Crippen molar-refractivity contribution < 1.29 is 18.4 Å². The van der Waals surface area contributed by atoms with Crippen LogP contribution in [0.15, 0.2) is 42.1 Å². The molecule has 0 unspecified atom stereocenters. The lowest BCUT2D eigenvalue weighted by atomic mass is 10.1. The molecule has 2 aromatic rings. The maximum atomic E-state index is 12.8. The number of benzene rings is 1. The Morgan fingerprint density at radius 2 is 2.11 bits per heavy atom. The summed E-state index contributed by atoms with van der Waals surface area (Å²) in [7, 11) is 0. The van der Waals surface area contributed by atoms with Crippen molar-refractivity contribution in [3.05, 3.63) is 48.0 Å². The van der Waals surface area contributed by atoms with Crippen molar-refractivity contribution in [3.8, 4) is 5.69 Å². The fraction of sp³-hybridized carbons (Fsp3) is 0.0909. The SMILES string of the molecule is N/C(=N/O)c1cc(-n2ccnc2)ccc1C(F)(F)F. The Labute approximate surface area is 105 Å². The summed E-state index contributed by atoms with van der Waals surface area (Å²) in [5, 5.41) is 11.2. The van der Waals surface area contributed by atoms with Crippen molar-refractivity contribution in [2.75, 3.05) is 0 Å². The highest BCUT2D eigenvalue weighted by Gasteiger charge is 2.34. The van der Waals surface area contributed by atoms with E-state index in [1.165, 1.54) is 29.2 Å². The largest absolute Gasteiger partial charge is 0.417 e. The van der Waals surface area contributed by atoms with Gasteiger partial charge in [0, 0.05) is 23.6 Å². The number of alkyl halides is 3. The van der Waals surface area contributed by atoms with Gasteiger partial charge in [-0.3, -0.25) is 0 Å². The summed E-state index contributed by atoms with van der Waals surface area (Å²) in [6.07, 6.45) is -0.101. The fourth-order valence-electron chi connectivity index (χ4n) is 1.62. The lowest BCUT2D eigenvalue weighted by Gasteiger charge is -2.13. The lowest BCUT2D eigenvalue weighted by Crippen LogP contribution is -2.20. The van der Waals surface area contributed by atoms with Crippen LogP contribution >= 0.6 is 0 Å². The summed E-state index contributed by atoms with van der Waals surface area (Å²) in [5.74, 6) is -0.603. The van der Waals surface area contributed by atoms with Crippen LogP contribution in [0.4, 0.5) is 13.2 Å². The van der Waals surface area contributed by atoms with E-state index in [1.807, 2.05) is 0 Å². The average molecular weight is 270 g/mol. The molecule has 0 aliphatic rings. The van der Waals surface area contributed by atoms with E-state index in [-0.39, 0.29) is 5.56 Å². The van der Waals surface area contributed by atoms with Gasteiger partial charge in [0.1, 0.15) is 0 Å². The highest BCUT2D eigenvalue weighted by atomic mass is 19.4. The smallest absolute Gasteiger partial charge is 0.409 e. The molecule has 3 N–H and O–H groups in total. The molecule has 0 amide bonds. The number of oxime groups is 1. The van der Waals surface area contributed by atoms with E-state index in [4.69, 9.17) is 10.9 Å². The minimum Gasteiger partial charge on any atom is -0.409 e. The standard InChI is InChI=1S/C11H9F3N4O/c12-11(13,14)9-2-1-7(18-4-3-16-6-18)5-8(9)10(15)17-19/h1-6,19H,(H2,15,17). The molecule has 0 aliphatic heterocycles. The molecule has 0 radical (unpaired) electrons. The third kappa shape index (κ3) is 2.51. The number of halogens is 3. The number of hydrogen-bond donors (Lipinski definition) is 2. The van der Waals surface area contributed by atoms with Gasteiger partial charge in [0.2, 0.25) is 0 Å². The van der Waals surface area contributed by atoms with E-state index in [1.54, 1.807) is 6.20 Å². The number of rotatable bonds is 2. The number of amidine groups is 1. The van der Waals surface area contributed by atoms with Crippen LogP contribution in [0.5, 0.6) is 0 Å². The number of hydrogen-bond acceptors (Lipinski definition) is 3. The number of aromatic nitrogens is 2. The molecule has 5 nitrogen and oxygen atoms in total. The summed E-state index contributed by atoms with van der Waals surface area (Å²) in [6.45, 7) is 0. The molecule has 0 saturated heterocycles. The van der Waals surface area contributed by atoms with Crippen molar-refractivity contribution in [1.82, 2.24) is 9.55 Å². The van der Waals surface area contributed by atoms with E-state index < -0.39 is 17.6 Å².